The van der Waals surface area contributed by atoms with Gasteiger partial charge in [-0.25, -0.2) is 14.9 Å². The van der Waals surface area contributed by atoms with Gasteiger partial charge in [0.1, 0.15) is 0 Å². The van der Waals surface area contributed by atoms with Gasteiger partial charge in [0.2, 0.25) is 11.8 Å². The lowest BCUT2D eigenvalue weighted by Gasteiger charge is -2.36. The number of carbonyl (C=O) groups is 2. The Bertz CT molecular complexity index is 581. The van der Waals surface area contributed by atoms with Crippen LogP contribution < -0.4 is 9.64 Å². The van der Waals surface area contributed by atoms with Crippen molar-refractivity contribution in [2.45, 2.75) is 85.5 Å². The van der Waals surface area contributed by atoms with Crippen molar-refractivity contribution in [1.82, 2.24) is 9.97 Å². The first-order valence-electron chi connectivity index (χ1n) is 10.2. The number of hydrogen-bond acceptors (Lipinski definition) is 5. The summed E-state index contributed by atoms with van der Waals surface area (Å²) in [5, 5.41) is 0. The summed E-state index contributed by atoms with van der Waals surface area (Å²) in [4.78, 5) is 35.4. The van der Waals surface area contributed by atoms with Crippen molar-refractivity contribution in [2.75, 3.05) is 12.0 Å². The maximum atomic E-state index is 13.6. The summed E-state index contributed by atoms with van der Waals surface area (Å²) < 4.78 is 4.98. The fraction of sp³-hybridized carbons (Fsp3) is 0.714. The molecule has 0 aliphatic heterocycles. The van der Waals surface area contributed by atoms with Crippen molar-refractivity contribution in [2.24, 2.45) is 5.41 Å². The predicted octanol–water partition coefficient (Wildman–Crippen LogP) is 4.92. The van der Waals surface area contributed by atoms with Crippen LogP contribution >= 0.6 is 0 Å². The van der Waals surface area contributed by atoms with Crippen molar-refractivity contribution in [3.8, 4) is 6.01 Å². The highest BCUT2D eigenvalue weighted by Gasteiger charge is 2.41. The minimum Gasteiger partial charge on any atom is -0.467 e. The van der Waals surface area contributed by atoms with Gasteiger partial charge in [-0.1, -0.05) is 59.3 Å². The Morgan fingerprint density at radius 3 is 2.00 bits per heavy atom. The molecule has 6 nitrogen and oxygen atoms in total. The first-order valence-corrected chi connectivity index (χ1v) is 10.2. The van der Waals surface area contributed by atoms with E-state index < -0.39 is 5.41 Å². The van der Waals surface area contributed by atoms with E-state index in [1.165, 1.54) is 37.7 Å². The van der Waals surface area contributed by atoms with Crippen molar-refractivity contribution in [1.29, 1.82) is 0 Å². The molecule has 0 unspecified atom stereocenters. The molecule has 1 rings (SSSR count). The molecule has 0 N–H and O–H groups in total. The van der Waals surface area contributed by atoms with E-state index in [9.17, 15) is 9.59 Å². The average Bonchev–Trinajstić information content (AvgIpc) is 2.66. The zero-order valence-corrected chi connectivity index (χ0v) is 17.6. The zero-order chi connectivity index (χ0) is 20.3. The maximum Gasteiger partial charge on any atom is 0.316 e. The number of rotatable bonds is 12. The van der Waals surface area contributed by atoms with Crippen LogP contribution in [0.3, 0.4) is 0 Å². The van der Waals surface area contributed by atoms with Gasteiger partial charge in [0, 0.05) is 6.92 Å². The Kier molecular flexibility index (Phi) is 9.97. The van der Waals surface area contributed by atoms with Crippen LogP contribution in [0.4, 0.5) is 5.69 Å². The summed E-state index contributed by atoms with van der Waals surface area (Å²) in [7, 11) is 1.48. The van der Waals surface area contributed by atoms with E-state index in [1.54, 1.807) is 0 Å². The van der Waals surface area contributed by atoms with Crippen molar-refractivity contribution in [3.63, 3.8) is 0 Å². The summed E-state index contributed by atoms with van der Waals surface area (Å²) in [5.74, 6) is -0.428. The molecule has 27 heavy (non-hydrogen) atoms. The van der Waals surface area contributed by atoms with Crippen LogP contribution in [0.25, 0.3) is 0 Å². The normalized spacial score (nSPS) is 11.3. The first-order chi connectivity index (χ1) is 13.0. The van der Waals surface area contributed by atoms with Crippen LogP contribution in [-0.4, -0.2) is 28.9 Å². The Morgan fingerprint density at radius 2 is 1.56 bits per heavy atom. The van der Waals surface area contributed by atoms with E-state index in [0.717, 1.165) is 51.4 Å². The Balaban J connectivity index is 3.20. The van der Waals surface area contributed by atoms with E-state index >= 15 is 0 Å². The second kappa shape index (κ2) is 11.7. The number of unbranched alkanes of at least 4 members (excludes halogenated alkanes) is 3. The molecule has 0 fully saturated rings. The lowest BCUT2D eigenvalue weighted by Crippen LogP contribution is -2.46. The largest absolute Gasteiger partial charge is 0.467 e. The average molecular weight is 378 g/mol. The third kappa shape index (κ3) is 6.29. The monoisotopic (exact) mass is 377 g/mol. The first kappa shape index (κ1) is 23.1. The van der Waals surface area contributed by atoms with Crippen LogP contribution in [0.5, 0.6) is 6.01 Å². The van der Waals surface area contributed by atoms with Gasteiger partial charge in [0.05, 0.1) is 30.6 Å². The minimum atomic E-state index is -0.511. The Hall–Kier alpha value is -1.98. The highest BCUT2D eigenvalue weighted by molar-refractivity contribution is 6.15. The molecule has 152 valence electrons. The molecule has 2 amide bonds. The van der Waals surface area contributed by atoms with Gasteiger partial charge >= 0.3 is 6.01 Å². The van der Waals surface area contributed by atoms with Crippen LogP contribution in [0.2, 0.25) is 0 Å². The molecule has 1 aromatic rings. The molecule has 0 aliphatic rings. The van der Waals surface area contributed by atoms with Gasteiger partial charge in [-0.3, -0.25) is 9.59 Å². The number of carbonyl (C=O) groups excluding carboxylic acids is 2. The van der Waals surface area contributed by atoms with Crippen molar-refractivity contribution in [3.05, 3.63) is 12.4 Å². The number of methoxy groups -OCH3 is 1. The van der Waals surface area contributed by atoms with E-state index in [1.807, 2.05) is 0 Å². The fourth-order valence-electron chi connectivity index (χ4n) is 3.75. The Labute approximate surface area is 163 Å². The molecule has 1 aromatic heterocycles. The summed E-state index contributed by atoms with van der Waals surface area (Å²) in [5.41, 5.74) is -0.110. The van der Waals surface area contributed by atoms with E-state index in [0.29, 0.717) is 5.69 Å². The highest BCUT2D eigenvalue weighted by atomic mass is 16.5. The lowest BCUT2D eigenvalue weighted by atomic mass is 9.73. The number of nitrogens with zero attached hydrogens (tertiary/aromatic N) is 3. The van der Waals surface area contributed by atoms with Crippen molar-refractivity contribution < 1.29 is 14.3 Å². The second-order valence-electron chi connectivity index (χ2n) is 7.18. The molecule has 1 heterocycles. The molecule has 0 saturated heterocycles. The molecular weight excluding hydrogens is 342 g/mol. The topological polar surface area (TPSA) is 72.4 Å². The second-order valence-corrected chi connectivity index (χ2v) is 7.18. The number of imide groups is 1. The molecule has 0 spiro atoms. The van der Waals surface area contributed by atoms with Crippen LogP contribution in [-0.2, 0) is 9.59 Å². The number of anilines is 1. The van der Waals surface area contributed by atoms with Crippen LogP contribution in [0.1, 0.15) is 85.5 Å². The maximum absolute atomic E-state index is 13.6. The van der Waals surface area contributed by atoms with Gasteiger partial charge in [-0.05, 0) is 19.3 Å². The van der Waals surface area contributed by atoms with Gasteiger partial charge in [-0.15, -0.1) is 0 Å². The summed E-state index contributed by atoms with van der Waals surface area (Å²) >= 11 is 0. The third-order valence-corrected chi connectivity index (χ3v) is 4.99. The van der Waals surface area contributed by atoms with E-state index in [-0.39, 0.29) is 17.8 Å². The van der Waals surface area contributed by atoms with Gasteiger partial charge in [-0.2, -0.15) is 0 Å². The predicted molar refractivity (Wildman–Crippen MR) is 108 cm³/mol. The fourth-order valence-corrected chi connectivity index (χ4v) is 3.75. The summed E-state index contributed by atoms with van der Waals surface area (Å²) in [6.45, 7) is 7.79. The number of amides is 2. The molecule has 0 saturated carbocycles. The summed E-state index contributed by atoms with van der Waals surface area (Å²) in [6, 6.07) is 0.211. The van der Waals surface area contributed by atoms with Crippen molar-refractivity contribution >= 4 is 17.5 Å². The van der Waals surface area contributed by atoms with Gasteiger partial charge in [0.25, 0.3) is 0 Å². The molecule has 0 aromatic carbocycles. The van der Waals surface area contributed by atoms with Crippen LogP contribution in [0, 0.1) is 5.41 Å². The number of hydrogen-bond donors (Lipinski definition) is 0. The smallest absolute Gasteiger partial charge is 0.316 e. The molecule has 0 aliphatic carbocycles. The van der Waals surface area contributed by atoms with E-state index in [4.69, 9.17) is 4.74 Å². The zero-order valence-electron chi connectivity index (χ0n) is 17.6. The van der Waals surface area contributed by atoms with Crippen LogP contribution in [0.15, 0.2) is 12.4 Å². The Morgan fingerprint density at radius 1 is 0.963 bits per heavy atom. The number of aromatic nitrogens is 2. The molecule has 6 heteroatoms. The van der Waals surface area contributed by atoms with Gasteiger partial charge in [0.15, 0.2) is 0 Å². The lowest BCUT2D eigenvalue weighted by molar-refractivity contribution is -0.133. The molecule has 0 radical (unpaired) electrons. The summed E-state index contributed by atoms with van der Waals surface area (Å²) in [6.07, 6.45) is 11.6. The number of ether oxygens (including phenoxy) is 1. The molecular formula is C21H35N3O3. The standard InChI is InChI=1S/C21H35N3O3/c1-6-9-10-11-14-21(12-7-2,13-8-3)19(26)24(17(4)25)18-15-22-20(27-5)23-16-18/h15-16H,6-14H2,1-5H3. The highest BCUT2D eigenvalue weighted by Crippen LogP contribution is 2.39. The van der Waals surface area contributed by atoms with Gasteiger partial charge < -0.3 is 4.74 Å². The molecule has 0 atom stereocenters. The third-order valence-electron chi connectivity index (χ3n) is 4.99. The quantitative estimate of drug-likeness (QED) is 0.483. The minimum absolute atomic E-state index is 0.121. The SMILES string of the molecule is CCCCCCC(CCC)(CCC)C(=O)N(C(C)=O)c1cnc(OC)nc1. The van der Waals surface area contributed by atoms with E-state index in [2.05, 4.69) is 30.7 Å². The molecule has 0 bridgehead atoms.